The molecule has 1 saturated heterocycles. The highest BCUT2D eigenvalue weighted by atomic mass is 16.5. The zero-order valence-electron chi connectivity index (χ0n) is 13.4. The Morgan fingerprint density at radius 1 is 1.62 bits per heavy atom. The maximum Gasteiger partial charge on any atom is 0.280 e. The quantitative estimate of drug-likeness (QED) is 0.578. The van der Waals surface area contributed by atoms with Crippen molar-refractivity contribution in [2.45, 2.75) is 38.6 Å². The van der Waals surface area contributed by atoms with Crippen LogP contribution >= 0.6 is 0 Å². The molecule has 0 unspecified atom stereocenters. The summed E-state index contributed by atoms with van der Waals surface area (Å²) in [5, 5.41) is 11.8. The van der Waals surface area contributed by atoms with E-state index in [-0.39, 0.29) is 41.6 Å². The van der Waals surface area contributed by atoms with E-state index in [0.29, 0.717) is 6.42 Å². The third kappa shape index (κ3) is 2.90. The maximum absolute atomic E-state index is 12.1. The number of rotatable bonds is 4. The van der Waals surface area contributed by atoms with Crippen LogP contribution in [-0.2, 0) is 9.53 Å². The molecule has 24 heavy (non-hydrogen) atoms. The van der Waals surface area contributed by atoms with Gasteiger partial charge in [0, 0.05) is 18.4 Å². The Labute approximate surface area is 137 Å². The van der Waals surface area contributed by atoms with E-state index in [9.17, 15) is 14.7 Å². The monoisotopic (exact) mass is 336 g/mol. The molecule has 0 bridgehead atoms. The summed E-state index contributed by atoms with van der Waals surface area (Å²) in [6.07, 6.45) is 0.941. The van der Waals surface area contributed by atoms with Crippen molar-refractivity contribution in [1.82, 2.24) is 19.5 Å². The minimum atomic E-state index is -0.481. The van der Waals surface area contributed by atoms with Gasteiger partial charge in [-0.3, -0.25) is 24.5 Å². The van der Waals surface area contributed by atoms with Gasteiger partial charge in [0.2, 0.25) is 11.9 Å². The van der Waals surface area contributed by atoms with E-state index < -0.39 is 17.9 Å². The molecule has 1 aliphatic heterocycles. The van der Waals surface area contributed by atoms with Crippen molar-refractivity contribution < 1.29 is 14.6 Å². The van der Waals surface area contributed by atoms with E-state index in [1.165, 1.54) is 6.33 Å². The number of hydrogen-bond acceptors (Lipinski definition) is 7. The third-order valence-corrected chi connectivity index (χ3v) is 3.97. The first-order valence-corrected chi connectivity index (χ1v) is 7.70. The molecular weight excluding hydrogens is 316 g/mol. The molecule has 0 radical (unpaired) electrons. The number of H-pyrrole nitrogens is 1. The lowest BCUT2D eigenvalue weighted by Gasteiger charge is -2.14. The average Bonchev–Trinajstić information content (AvgIpc) is 3.10. The number of aromatic nitrogens is 4. The van der Waals surface area contributed by atoms with Crippen LogP contribution in [0.5, 0.6) is 0 Å². The number of amides is 1. The topological polar surface area (TPSA) is 148 Å². The van der Waals surface area contributed by atoms with Gasteiger partial charge in [-0.2, -0.15) is 4.98 Å². The fraction of sp³-hybridized carbons (Fsp3) is 0.571. The second-order valence-electron chi connectivity index (χ2n) is 6.09. The first kappa shape index (κ1) is 16.6. The Kier molecular flexibility index (Phi) is 4.35. The number of hydrogen-bond donors (Lipinski definition) is 4. The van der Waals surface area contributed by atoms with Crippen molar-refractivity contribution in [3.8, 4) is 0 Å². The number of fused-ring (bicyclic) bond motifs is 1. The van der Waals surface area contributed by atoms with Gasteiger partial charge in [0.25, 0.3) is 5.56 Å². The van der Waals surface area contributed by atoms with E-state index in [1.54, 1.807) is 18.4 Å². The fourth-order valence-corrected chi connectivity index (χ4v) is 2.56. The zero-order chi connectivity index (χ0) is 17.4. The summed E-state index contributed by atoms with van der Waals surface area (Å²) in [6.45, 7) is 3.28. The zero-order valence-corrected chi connectivity index (χ0v) is 13.4. The van der Waals surface area contributed by atoms with Gasteiger partial charge < -0.3 is 15.6 Å². The average molecular weight is 336 g/mol. The second-order valence-corrected chi connectivity index (χ2v) is 6.09. The van der Waals surface area contributed by atoms with Gasteiger partial charge in [0.1, 0.15) is 6.23 Å². The number of nitrogens with zero attached hydrogens (tertiary/aromatic N) is 3. The predicted octanol–water partition coefficient (Wildman–Crippen LogP) is -0.679. The summed E-state index contributed by atoms with van der Waals surface area (Å²) in [6, 6.07) is -0.320. The summed E-state index contributed by atoms with van der Waals surface area (Å²) in [4.78, 5) is 34.7. The van der Waals surface area contributed by atoms with Gasteiger partial charge in [-0.05, 0) is 0 Å². The molecule has 2 aromatic rings. The summed E-state index contributed by atoms with van der Waals surface area (Å²) >= 11 is 0. The van der Waals surface area contributed by atoms with Gasteiger partial charge in [0.15, 0.2) is 11.2 Å². The molecule has 1 fully saturated rings. The fourth-order valence-electron chi connectivity index (χ4n) is 2.56. The maximum atomic E-state index is 12.1. The Bertz CT molecular complexity index is 813. The summed E-state index contributed by atoms with van der Waals surface area (Å²) in [7, 11) is 0. The van der Waals surface area contributed by atoms with Crippen LogP contribution in [0.2, 0.25) is 0 Å². The molecule has 0 aliphatic carbocycles. The van der Waals surface area contributed by atoms with Crippen molar-refractivity contribution in [2.24, 2.45) is 11.7 Å². The Balaban J connectivity index is 1.97. The number of carbonyl (C=O) groups excluding carboxylic acids is 1. The number of ether oxygens (including phenoxy) is 1. The number of anilines is 1. The van der Waals surface area contributed by atoms with Gasteiger partial charge in [-0.15, -0.1) is 0 Å². The van der Waals surface area contributed by atoms with Gasteiger partial charge in [0.05, 0.1) is 19.0 Å². The van der Waals surface area contributed by atoms with Crippen LogP contribution in [0.15, 0.2) is 11.1 Å². The highest BCUT2D eigenvalue weighted by molar-refractivity contribution is 5.91. The summed E-state index contributed by atoms with van der Waals surface area (Å²) in [5.41, 5.74) is 5.89. The molecule has 10 nitrogen and oxygen atoms in total. The van der Waals surface area contributed by atoms with Crippen molar-refractivity contribution in [3.05, 3.63) is 16.7 Å². The largest absolute Gasteiger partial charge is 0.394 e. The molecule has 0 spiro atoms. The number of aromatic amines is 1. The van der Waals surface area contributed by atoms with Crippen molar-refractivity contribution in [1.29, 1.82) is 0 Å². The Morgan fingerprint density at radius 3 is 3.00 bits per heavy atom. The van der Waals surface area contributed by atoms with E-state index in [1.807, 2.05) is 0 Å². The van der Waals surface area contributed by atoms with Crippen molar-refractivity contribution in [3.63, 3.8) is 0 Å². The molecule has 5 N–H and O–H groups in total. The minimum absolute atomic E-state index is 0.0500. The van der Waals surface area contributed by atoms with E-state index in [0.717, 1.165) is 0 Å². The van der Waals surface area contributed by atoms with Crippen molar-refractivity contribution >= 4 is 23.0 Å². The smallest absolute Gasteiger partial charge is 0.280 e. The highest BCUT2D eigenvalue weighted by Gasteiger charge is 2.34. The molecule has 2 aromatic heterocycles. The normalized spacial score (nSPS) is 24.0. The lowest BCUT2D eigenvalue weighted by molar-refractivity contribution is -0.118. The third-order valence-electron chi connectivity index (χ3n) is 3.97. The molecule has 3 atom stereocenters. The van der Waals surface area contributed by atoms with Crippen LogP contribution in [-0.4, -0.2) is 49.3 Å². The van der Waals surface area contributed by atoms with Gasteiger partial charge in [-0.25, -0.2) is 4.98 Å². The summed E-state index contributed by atoms with van der Waals surface area (Å²) in [5.74, 6) is -0.464. The predicted molar refractivity (Wildman–Crippen MR) is 85.2 cm³/mol. The number of carbonyl (C=O) groups is 1. The van der Waals surface area contributed by atoms with Crippen LogP contribution in [0.1, 0.15) is 26.5 Å². The van der Waals surface area contributed by atoms with Gasteiger partial charge in [-0.1, -0.05) is 13.8 Å². The Morgan fingerprint density at radius 2 is 2.38 bits per heavy atom. The highest BCUT2D eigenvalue weighted by Crippen LogP contribution is 2.29. The molecule has 1 aliphatic rings. The lowest BCUT2D eigenvalue weighted by atomic mass is 10.1. The first-order chi connectivity index (χ1) is 11.4. The minimum Gasteiger partial charge on any atom is -0.394 e. The molecule has 1 amide bonds. The van der Waals surface area contributed by atoms with E-state index >= 15 is 0 Å². The Hall–Kier alpha value is -2.30. The number of aliphatic hydroxyl groups excluding tert-OH is 1. The summed E-state index contributed by atoms with van der Waals surface area (Å²) < 4.78 is 7.27. The SMILES string of the molecule is CC(C)C(=O)Nc1nc2c(ncn2[C@H]2C[C@H](N)[C@@H](CO)O2)c(=O)[nH]1. The number of nitrogens with two attached hydrogens (primary N) is 1. The molecule has 0 saturated carbocycles. The van der Waals surface area contributed by atoms with Crippen LogP contribution < -0.4 is 16.6 Å². The standard InChI is InChI=1S/C14H20N6O4/c1-6(2)12(22)18-14-17-11-10(13(23)19-14)16-5-20(11)9-3-7(15)8(4-21)24-9/h5-9,21H,3-4,15H2,1-2H3,(H2,17,18,19,22,23)/t7-,8+,9+/m0/s1. The van der Waals surface area contributed by atoms with Gasteiger partial charge >= 0.3 is 0 Å². The lowest BCUT2D eigenvalue weighted by Crippen LogP contribution is -2.32. The molecule has 0 aromatic carbocycles. The second kappa shape index (κ2) is 6.30. The number of aliphatic hydroxyl groups is 1. The van der Waals surface area contributed by atoms with Crippen LogP contribution in [0.4, 0.5) is 5.95 Å². The first-order valence-electron chi connectivity index (χ1n) is 7.70. The number of nitrogens with one attached hydrogen (secondary N) is 2. The van der Waals surface area contributed by atoms with Crippen molar-refractivity contribution in [2.75, 3.05) is 11.9 Å². The van der Waals surface area contributed by atoms with E-state index in [2.05, 4.69) is 20.3 Å². The molecule has 10 heteroatoms. The molecular formula is C14H20N6O4. The molecule has 3 rings (SSSR count). The molecule has 130 valence electrons. The number of imidazole rings is 1. The van der Waals surface area contributed by atoms with Crippen LogP contribution in [0.3, 0.4) is 0 Å². The van der Waals surface area contributed by atoms with E-state index in [4.69, 9.17) is 10.5 Å². The van der Waals surface area contributed by atoms with Crippen LogP contribution in [0.25, 0.3) is 11.2 Å². The van der Waals surface area contributed by atoms with Crippen LogP contribution in [0, 0.1) is 5.92 Å². The molecule has 3 heterocycles.